The molecule has 2 rings (SSSR count). The molecule has 0 saturated heterocycles. The Morgan fingerprint density at radius 1 is 1.33 bits per heavy atom. The maximum absolute atomic E-state index is 5.85. The van der Waals surface area contributed by atoms with Crippen LogP contribution in [0.4, 0.5) is 0 Å². The monoisotopic (exact) mass is 203 g/mol. The Morgan fingerprint density at radius 3 is 2.80 bits per heavy atom. The summed E-state index contributed by atoms with van der Waals surface area (Å²) in [4.78, 5) is 6.19. The molecule has 0 atom stereocenters. The summed E-state index contributed by atoms with van der Waals surface area (Å²) >= 11 is 0. The van der Waals surface area contributed by atoms with E-state index in [9.17, 15) is 0 Å². The van der Waals surface area contributed by atoms with Crippen molar-refractivity contribution in [3.05, 3.63) is 35.4 Å². The summed E-state index contributed by atoms with van der Waals surface area (Å²) in [6.07, 6.45) is 2.29. The molecule has 1 aromatic carbocycles. The number of fused-ring (bicyclic) bond motifs is 1. The van der Waals surface area contributed by atoms with Gasteiger partial charge in [0.25, 0.3) is 0 Å². The number of benzene rings is 1. The molecule has 0 radical (unpaired) electrons. The van der Waals surface area contributed by atoms with Gasteiger partial charge in [-0.1, -0.05) is 24.3 Å². The highest BCUT2D eigenvalue weighted by atomic mass is 15.2. The lowest BCUT2D eigenvalue weighted by Gasteiger charge is -2.21. The molecule has 0 fully saturated rings. The molecule has 0 unspecified atom stereocenters. The zero-order chi connectivity index (χ0) is 10.7. The zero-order valence-electron chi connectivity index (χ0n) is 9.11. The molecule has 3 nitrogen and oxygen atoms in total. The van der Waals surface area contributed by atoms with Crippen molar-refractivity contribution in [2.24, 2.45) is 10.7 Å². The predicted octanol–water partition coefficient (Wildman–Crippen LogP) is 1.38. The number of hydrogen-bond acceptors (Lipinski definition) is 1. The van der Waals surface area contributed by atoms with Crippen LogP contribution in [0.25, 0.3) is 0 Å². The molecule has 0 amide bonds. The topological polar surface area (TPSA) is 41.6 Å². The van der Waals surface area contributed by atoms with E-state index in [1.165, 1.54) is 11.1 Å². The van der Waals surface area contributed by atoms with Gasteiger partial charge < -0.3 is 10.6 Å². The lowest BCUT2D eigenvalue weighted by molar-refractivity contribution is 0.412. The third kappa shape index (κ3) is 2.12. The highest BCUT2D eigenvalue weighted by Crippen LogP contribution is 2.17. The Kier molecular flexibility index (Phi) is 2.90. The van der Waals surface area contributed by atoms with Gasteiger partial charge in [0.05, 0.1) is 0 Å². The quantitative estimate of drug-likeness (QED) is 0.511. The van der Waals surface area contributed by atoms with E-state index in [0.29, 0.717) is 5.96 Å². The zero-order valence-corrected chi connectivity index (χ0v) is 9.11. The molecule has 0 bridgehead atoms. The molecule has 1 aromatic rings. The van der Waals surface area contributed by atoms with Gasteiger partial charge in [0.2, 0.25) is 0 Å². The molecule has 0 spiro atoms. The van der Waals surface area contributed by atoms with Crippen molar-refractivity contribution >= 4 is 5.96 Å². The summed E-state index contributed by atoms with van der Waals surface area (Å²) in [5.41, 5.74) is 8.67. The van der Waals surface area contributed by atoms with E-state index in [4.69, 9.17) is 5.73 Å². The maximum atomic E-state index is 5.85. The molecule has 3 heteroatoms. The predicted molar refractivity (Wildman–Crippen MR) is 62.7 cm³/mol. The minimum Gasteiger partial charge on any atom is -0.370 e. The van der Waals surface area contributed by atoms with Gasteiger partial charge in [-0.2, -0.15) is 0 Å². The largest absolute Gasteiger partial charge is 0.370 e. The number of aliphatic imine (C=N–C) groups is 1. The molecule has 0 saturated carbocycles. The first kappa shape index (κ1) is 10.0. The van der Waals surface area contributed by atoms with Crippen molar-refractivity contribution in [2.75, 3.05) is 13.6 Å². The fourth-order valence-corrected chi connectivity index (χ4v) is 2.04. The number of hydrogen-bond donors (Lipinski definition) is 1. The first-order chi connectivity index (χ1) is 7.31. The average Bonchev–Trinajstić information content (AvgIpc) is 2.49. The number of guanidine groups is 1. The molecule has 2 N–H and O–H groups in total. The van der Waals surface area contributed by atoms with Crippen molar-refractivity contribution in [2.45, 2.75) is 19.4 Å². The van der Waals surface area contributed by atoms with Crippen LogP contribution in [0.15, 0.2) is 29.3 Å². The number of nitrogens with zero attached hydrogens (tertiary/aromatic N) is 2. The molecule has 15 heavy (non-hydrogen) atoms. The lowest BCUT2D eigenvalue weighted by Crippen LogP contribution is -2.36. The van der Waals surface area contributed by atoms with Crippen LogP contribution >= 0.6 is 0 Å². The molecule has 0 aliphatic carbocycles. The molecule has 0 aromatic heterocycles. The Labute approximate surface area is 90.6 Å². The first-order valence-corrected chi connectivity index (χ1v) is 5.35. The fourth-order valence-electron chi connectivity index (χ4n) is 2.04. The highest BCUT2D eigenvalue weighted by Gasteiger charge is 2.14. The van der Waals surface area contributed by atoms with E-state index in [0.717, 1.165) is 25.9 Å². The van der Waals surface area contributed by atoms with Crippen molar-refractivity contribution in [3.63, 3.8) is 0 Å². The molecule has 80 valence electrons. The summed E-state index contributed by atoms with van der Waals surface area (Å²) in [6.45, 7) is 1.89. The van der Waals surface area contributed by atoms with Crippen LogP contribution < -0.4 is 5.73 Å². The van der Waals surface area contributed by atoms with Crippen LogP contribution in [0.5, 0.6) is 0 Å². The summed E-state index contributed by atoms with van der Waals surface area (Å²) in [5, 5.41) is 0. The Bertz CT molecular complexity index is 371. The van der Waals surface area contributed by atoms with E-state index >= 15 is 0 Å². The summed E-state index contributed by atoms with van der Waals surface area (Å²) in [6, 6.07) is 8.57. The second-order valence-corrected chi connectivity index (χ2v) is 3.88. The van der Waals surface area contributed by atoms with Crippen LogP contribution in [-0.2, 0) is 13.0 Å². The van der Waals surface area contributed by atoms with E-state index < -0.39 is 0 Å². The first-order valence-electron chi connectivity index (χ1n) is 5.35. The second-order valence-electron chi connectivity index (χ2n) is 3.88. The van der Waals surface area contributed by atoms with Crippen molar-refractivity contribution in [1.29, 1.82) is 0 Å². The van der Waals surface area contributed by atoms with Gasteiger partial charge in [0, 0.05) is 20.1 Å². The maximum Gasteiger partial charge on any atom is 0.191 e. The molecule has 1 aliphatic rings. The van der Waals surface area contributed by atoms with Crippen molar-refractivity contribution in [3.8, 4) is 0 Å². The SMILES string of the molecule is CN=C(N)N1CCCc2ccccc2C1. The summed E-state index contributed by atoms with van der Waals surface area (Å²) in [7, 11) is 1.74. The van der Waals surface area contributed by atoms with Crippen LogP contribution in [0, 0.1) is 0 Å². The van der Waals surface area contributed by atoms with E-state index in [-0.39, 0.29) is 0 Å². The van der Waals surface area contributed by atoms with Gasteiger partial charge in [0.15, 0.2) is 5.96 Å². The Morgan fingerprint density at radius 2 is 2.07 bits per heavy atom. The van der Waals surface area contributed by atoms with Gasteiger partial charge in [-0.3, -0.25) is 4.99 Å². The van der Waals surface area contributed by atoms with Crippen molar-refractivity contribution in [1.82, 2.24) is 4.90 Å². The summed E-state index contributed by atoms with van der Waals surface area (Å²) < 4.78 is 0. The smallest absolute Gasteiger partial charge is 0.191 e. The van der Waals surface area contributed by atoms with E-state index in [1.54, 1.807) is 7.05 Å². The van der Waals surface area contributed by atoms with Gasteiger partial charge in [-0.15, -0.1) is 0 Å². The van der Waals surface area contributed by atoms with Gasteiger partial charge in [0.1, 0.15) is 0 Å². The van der Waals surface area contributed by atoms with Crippen molar-refractivity contribution < 1.29 is 0 Å². The third-order valence-corrected chi connectivity index (χ3v) is 2.91. The molecular weight excluding hydrogens is 186 g/mol. The van der Waals surface area contributed by atoms with Gasteiger partial charge in [-0.05, 0) is 24.0 Å². The minimum absolute atomic E-state index is 0.645. The highest BCUT2D eigenvalue weighted by molar-refractivity contribution is 5.78. The van der Waals surface area contributed by atoms with E-state index in [1.807, 2.05) is 0 Å². The second kappa shape index (κ2) is 4.34. The average molecular weight is 203 g/mol. The van der Waals surface area contributed by atoms with Crippen LogP contribution in [0.3, 0.4) is 0 Å². The Hall–Kier alpha value is -1.51. The summed E-state index contributed by atoms with van der Waals surface area (Å²) in [5.74, 6) is 0.645. The van der Waals surface area contributed by atoms with Gasteiger partial charge in [-0.25, -0.2) is 0 Å². The fraction of sp³-hybridized carbons (Fsp3) is 0.417. The minimum atomic E-state index is 0.645. The number of nitrogens with two attached hydrogens (primary N) is 1. The molecular formula is C12H17N3. The van der Waals surface area contributed by atoms with Crippen LogP contribution in [-0.4, -0.2) is 24.5 Å². The lowest BCUT2D eigenvalue weighted by atomic mass is 10.0. The van der Waals surface area contributed by atoms with Crippen LogP contribution in [0.1, 0.15) is 17.5 Å². The van der Waals surface area contributed by atoms with Gasteiger partial charge >= 0.3 is 0 Å². The van der Waals surface area contributed by atoms with Crippen LogP contribution in [0.2, 0.25) is 0 Å². The molecule has 1 heterocycles. The normalized spacial score (nSPS) is 17.1. The Balaban J connectivity index is 2.25. The number of aryl methyl sites for hydroxylation is 1. The molecule has 1 aliphatic heterocycles. The third-order valence-electron chi connectivity index (χ3n) is 2.91. The number of rotatable bonds is 0. The standard InChI is InChI=1S/C12H17N3/c1-14-12(13)15-8-4-7-10-5-2-3-6-11(10)9-15/h2-3,5-6H,4,7-9H2,1H3,(H2,13,14). The van der Waals surface area contributed by atoms with E-state index in [2.05, 4.69) is 34.2 Å².